The maximum absolute atomic E-state index is 14.5. The monoisotopic (exact) mass is 415 g/mol. The predicted molar refractivity (Wildman–Crippen MR) is 111 cm³/mol. The van der Waals surface area contributed by atoms with Crippen molar-refractivity contribution in [2.75, 3.05) is 0 Å². The van der Waals surface area contributed by atoms with Crippen LogP contribution in [0, 0.1) is 23.1 Å². The third kappa shape index (κ3) is 6.09. The summed E-state index contributed by atoms with van der Waals surface area (Å²) in [5.74, 6) is 0.639. The zero-order valence-corrected chi connectivity index (χ0v) is 17.3. The average molecular weight is 415 g/mol. The van der Waals surface area contributed by atoms with Crippen molar-refractivity contribution in [2.24, 2.45) is 5.92 Å². The minimum atomic E-state index is -3.42. The number of ether oxygens (including phenoxy) is 1. The SMILES string of the molecule is CCCC1CCC(c2ccc(COC(F)(F)Cc3ccc(C#N)cc3)c(F)c2)CC1. The van der Waals surface area contributed by atoms with Gasteiger partial charge in [0.1, 0.15) is 5.82 Å². The van der Waals surface area contributed by atoms with Gasteiger partial charge in [-0.2, -0.15) is 14.0 Å². The van der Waals surface area contributed by atoms with Gasteiger partial charge in [-0.3, -0.25) is 0 Å². The lowest BCUT2D eigenvalue weighted by Crippen LogP contribution is -2.24. The van der Waals surface area contributed by atoms with Crippen LogP contribution in [-0.2, 0) is 17.8 Å². The first-order chi connectivity index (χ1) is 14.4. The van der Waals surface area contributed by atoms with Crippen LogP contribution in [0.15, 0.2) is 42.5 Å². The first kappa shape index (κ1) is 22.4. The molecule has 0 amide bonds. The number of halogens is 3. The molecular formula is C25H28F3NO. The van der Waals surface area contributed by atoms with Crippen molar-refractivity contribution < 1.29 is 17.9 Å². The van der Waals surface area contributed by atoms with Crippen LogP contribution in [0.4, 0.5) is 13.2 Å². The number of hydrogen-bond acceptors (Lipinski definition) is 2. The van der Waals surface area contributed by atoms with E-state index in [9.17, 15) is 13.2 Å². The third-order valence-electron chi connectivity index (χ3n) is 6.02. The lowest BCUT2D eigenvalue weighted by molar-refractivity contribution is -0.244. The van der Waals surface area contributed by atoms with Crippen LogP contribution in [0.25, 0.3) is 0 Å². The van der Waals surface area contributed by atoms with Crippen LogP contribution in [0.3, 0.4) is 0 Å². The Morgan fingerprint density at radius 1 is 1.07 bits per heavy atom. The summed E-state index contributed by atoms with van der Waals surface area (Å²) in [6.45, 7) is 1.72. The van der Waals surface area contributed by atoms with E-state index >= 15 is 0 Å². The molecule has 1 saturated carbocycles. The Balaban J connectivity index is 1.55. The molecule has 0 aromatic heterocycles. The Hall–Kier alpha value is -2.32. The highest BCUT2D eigenvalue weighted by Crippen LogP contribution is 2.38. The summed E-state index contributed by atoms with van der Waals surface area (Å²) >= 11 is 0. The summed E-state index contributed by atoms with van der Waals surface area (Å²) in [5, 5.41) is 8.77. The quantitative estimate of drug-likeness (QED) is 0.460. The molecule has 1 fully saturated rings. The highest BCUT2D eigenvalue weighted by molar-refractivity contribution is 5.32. The number of alkyl halides is 2. The second kappa shape index (κ2) is 10.1. The van der Waals surface area contributed by atoms with Crippen LogP contribution in [0.2, 0.25) is 0 Å². The van der Waals surface area contributed by atoms with E-state index in [4.69, 9.17) is 10.00 Å². The van der Waals surface area contributed by atoms with E-state index in [1.807, 2.05) is 12.1 Å². The fourth-order valence-corrected chi connectivity index (χ4v) is 4.30. The molecule has 1 aliphatic rings. The number of nitrogens with zero attached hydrogens (tertiary/aromatic N) is 1. The highest BCUT2D eigenvalue weighted by Gasteiger charge is 2.31. The number of nitriles is 1. The van der Waals surface area contributed by atoms with Gasteiger partial charge in [0.25, 0.3) is 0 Å². The highest BCUT2D eigenvalue weighted by atomic mass is 19.3. The second-order valence-electron chi connectivity index (χ2n) is 8.27. The topological polar surface area (TPSA) is 33.0 Å². The molecule has 2 nitrogen and oxygen atoms in total. The van der Waals surface area contributed by atoms with E-state index in [1.54, 1.807) is 6.07 Å². The molecule has 0 radical (unpaired) electrons. The summed E-state index contributed by atoms with van der Waals surface area (Å²) in [6, 6.07) is 12.8. The molecule has 3 rings (SSSR count). The first-order valence-electron chi connectivity index (χ1n) is 10.7. The molecule has 0 spiro atoms. The van der Waals surface area contributed by atoms with E-state index < -0.39 is 25.0 Å². The van der Waals surface area contributed by atoms with Crippen LogP contribution in [-0.4, -0.2) is 6.11 Å². The van der Waals surface area contributed by atoms with E-state index in [2.05, 4.69) is 6.92 Å². The van der Waals surface area contributed by atoms with Gasteiger partial charge in [0.05, 0.1) is 24.7 Å². The van der Waals surface area contributed by atoms with Crippen molar-refractivity contribution in [1.29, 1.82) is 5.26 Å². The lowest BCUT2D eigenvalue weighted by Gasteiger charge is -2.28. The van der Waals surface area contributed by atoms with Crippen molar-refractivity contribution in [3.05, 3.63) is 70.5 Å². The number of benzene rings is 2. The van der Waals surface area contributed by atoms with Crippen LogP contribution >= 0.6 is 0 Å². The van der Waals surface area contributed by atoms with Crippen molar-refractivity contribution in [2.45, 2.75) is 70.5 Å². The summed E-state index contributed by atoms with van der Waals surface area (Å²) < 4.78 is 47.6. The van der Waals surface area contributed by atoms with Crippen molar-refractivity contribution >= 4 is 0 Å². The molecule has 5 heteroatoms. The van der Waals surface area contributed by atoms with Crippen molar-refractivity contribution in [1.82, 2.24) is 0 Å². The number of rotatable bonds is 8. The van der Waals surface area contributed by atoms with Gasteiger partial charge >= 0.3 is 6.11 Å². The molecule has 2 aromatic carbocycles. The lowest BCUT2D eigenvalue weighted by atomic mass is 9.77. The van der Waals surface area contributed by atoms with E-state index in [0.29, 0.717) is 17.0 Å². The zero-order valence-electron chi connectivity index (χ0n) is 17.3. The van der Waals surface area contributed by atoms with Gasteiger partial charge in [-0.1, -0.05) is 44.0 Å². The first-order valence-corrected chi connectivity index (χ1v) is 10.7. The fourth-order valence-electron chi connectivity index (χ4n) is 4.30. The minimum absolute atomic E-state index is 0.137. The number of hydrogen-bond donors (Lipinski definition) is 0. The predicted octanol–water partition coefficient (Wildman–Crippen LogP) is 7.12. The van der Waals surface area contributed by atoms with Gasteiger partial charge < -0.3 is 4.74 Å². The molecule has 0 N–H and O–H groups in total. The molecule has 30 heavy (non-hydrogen) atoms. The van der Waals surface area contributed by atoms with Gasteiger partial charge in [-0.05, 0) is 66.8 Å². The van der Waals surface area contributed by atoms with Gasteiger partial charge in [0, 0.05) is 5.56 Å². The van der Waals surface area contributed by atoms with Crippen LogP contribution < -0.4 is 0 Å². The molecule has 0 unspecified atom stereocenters. The Bertz CT molecular complexity index is 865. The summed E-state index contributed by atoms with van der Waals surface area (Å²) in [5.41, 5.74) is 1.85. The molecule has 160 valence electrons. The third-order valence-corrected chi connectivity index (χ3v) is 6.02. The minimum Gasteiger partial charge on any atom is -0.315 e. The molecule has 0 atom stereocenters. The largest absolute Gasteiger partial charge is 0.360 e. The zero-order chi connectivity index (χ0) is 21.6. The fraction of sp³-hybridized carbons (Fsp3) is 0.480. The van der Waals surface area contributed by atoms with Gasteiger partial charge in [0.15, 0.2) is 0 Å². The van der Waals surface area contributed by atoms with Gasteiger partial charge in [-0.25, -0.2) is 4.39 Å². The summed E-state index contributed by atoms with van der Waals surface area (Å²) in [7, 11) is 0. The van der Waals surface area contributed by atoms with Crippen molar-refractivity contribution in [3.8, 4) is 6.07 Å². The molecule has 0 saturated heterocycles. The van der Waals surface area contributed by atoms with Gasteiger partial charge in [-0.15, -0.1) is 0 Å². The standard InChI is InChI=1S/C25H28F3NO/c1-2-3-18-8-10-21(11-9-18)22-12-13-23(24(26)14-22)17-30-25(27,28)15-19-4-6-20(16-29)7-5-19/h4-7,12-14,18,21H,2-3,8-11,15,17H2,1H3. The van der Waals surface area contributed by atoms with E-state index in [0.717, 1.165) is 24.3 Å². The normalized spacial score (nSPS) is 19.4. The van der Waals surface area contributed by atoms with Gasteiger partial charge in [0.2, 0.25) is 0 Å². The summed E-state index contributed by atoms with van der Waals surface area (Å²) in [6.07, 6.45) is 2.88. The maximum Gasteiger partial charge on any atom is 0.360 e. The Morgan fingerprint density at radius 2 is 1.77 bits per heavy atom. The molecule has 0 heterocycles. The average Bonchev–Trinajstić information content (AvgIpc) is 2.74. The molecule has 0 aliphatic heterocycles. The van der Waals surface area contributed by atoms with E-state index in [-0.39, 0.29) is 5.56 Å². The molecule has 0 bridgehead atoms. The molecule has 2 aromatic rings. The van der Waals surface area contributed by atoms with Crippen molar-refractivity contribution in [3.63, 3.8) is 0 Å². The maximum atomic E-state index is 14.5. The second-order valence-corrected chi connectivity index (χ2v) is 8.27. The van der Waals surface area contributed by atoms with Crippen LogP contribution in [0.1, 0.15) is 73.6 Å². The van der Waals surface area contributed by atoms with E-state index in [1.165, 1.54) is 56.0 Å². The molecule has 1 aliphatic carbocycles. The molecular weight excluding hydrogens is 387 g/mol. The Kier molecular flexibility index (Phi) is 7.55. The Labute approximate surface area is 176 Å². The van der Waals surface area contributed by atoms with Crippen LogP contribution in [0.5, 0.6) is 0 Å². The Morgan fingerprint density at radius 3 is 2.37 bits per heavy atom. The summed E-state index contributed by atoms with van der Waals surface area (Å²) in [4.78, 5) is 0. The smallest absolute Gasteiger partial charge is 0.315 e.